The van der Waals surface area contributed by atoms with Gasteiger partial charge in [-0.25, -0.2) is 0 Å². The van der Waals surface area contributed by atoms with E-state index >= 15 is 0 Å². The first-order chi connectivity index (χ1) is 7.35. The minimum atomic E-state index is -0.669. The molecule has 0 aliphatic carbocycles. The number of carboxylic acids is 1. The highest BCUT2D eigenvalue weighted by molar-refractivity contribution is 5.73. The van der Waals surface area contributed by atoms with E-state index in [1.807, 2.05) is 13.8 Å². The van der Waals surface area contributed by atoms with E-state index in [2.05, 4.69) is 20.8 Å². The van der Waals surface area contributed by atoms with Crippen molar-refractivity contribution in [1.82, 2.24) is 0 Å². The van der Waals surface area contributed by atoms with Crippen LogP contribution in [0, 0.1) is 17.3 Å². The van der Waals surface area contributed by atoms with Crippen LogP contribution in [-0.2, 0) is 4.79 Å². The molecule has 0 aromatic rings. The van der Waals surface area contributed by atoms with Gasteiger partial charge in [-0.15, -0.1) is 0 Å². The SMILES string of the molecule is CCCC(C)C(CCC)CC(C)(C)C(=O)O. The van der Waals surface area contributed by atoms with Crippen molar-refractivity contribution in [3.63, 3.8) is 0 Å². The smallest absolute Gasteiger partial charge is 0.309 e. The number of hydrogen-bond acceptors (Lipinski definition) is 1. The van der Waals surface area contributed by atoms with Gasteiger partial charge in [0.2, 0.25) is 0 Å². The fourth-order valence-corrected chi connectivity index (χ4v) is 2.39. The van der Waals surface area contributed by atoms with Gasteiger partial charge >= 0.3 is 5.97 Å². The Balaban J connectivity index is 4.48. The van der Waals surface area contributed by atoms with Crippen LogP contribution in [0.1, 0.15) is 66.7 Å². The molecule has 0 bridgehead atoms. The fourth-order valence-electron chi connectivity index (χ4n) is 2.39. The first kappa shape index (κ1) is 15.5. The third-order valence-electron chi connectivity index (χ3n) is 3.56. The van der Waals surface area contributed by atoms with Gasteiger partial charge in [0.1, 0.15) is 0 Å². The van der Waals surface area contributed by atoms with E-state index in [1.54, 1.807) is 0 Å². The van der Waals surface area contributed by atoms with E-state index in [0.29, 0.717) is 11.8 Å². The highest BCUT2D eigenvalue weighted by Crippen LogP contribution is 2.34. The van der Waals surface area contributed by atoms with Crippen LogP contribution in [0.2, 0.25) is 0 Å². The molecular formula is C14H28O2. The second-order valence-electron chi connectivity index (χ2n) is 5.71. The minimum absolute atomic E-state index is 0.552. The number of rotatable bonds is 8. The standard InChI is InChI=1S/C14H28O2/c1-6-8-11(3)12(9-7-2)10-14(4,5)13(15)16/h11-12H,6-10H2,1-5H3,(H,15,16). The zero-order valence-corrected chi connectivity index (χ0v) is 11.5. The third kappa shape index (κ3) is 5.00. The molecule has 0 amide bonds. The zero-order valence-electron chi connectivity index (χ0n) is 11.5. The number of hydrogen-bond donors (Lipinski definition) is 1. The Morgan fingerprint density at radius 1 is 1.19 bits per heavy atom. The normalized spacial score (nSPS) is 15.8. The summed E-state index contributed by atoms with van der Waals surface area (Å²) in [7, 11) is 0. The number of carbonyl (C=O) groups is 1. The van der Waals surface area contributed by atoms with E-state index in [4.69, 9.17) is 0 Å². The molecule has 2 heteroatoms. The van der Waals surface area contributed by atoms with Crippen LogP contribution >= 0.6 is 0 Å². The average molecular weight is 228 g/mol. The van der Waals surface area contributed by atoms with Crippen molar-refractivity contribution in [2.45, 2.75) is 66.7 Å². The molecule has 0 aliphatic heterocycles. The van der Waals surface area contributed by atoms with Gasteiger partial charge in [-0.1, -0.05) is 46.5 Å². The predicted octanol–water partition coefficient (Wildman–Crippen LogP) is 4.34. The van der Waals surface area contributed by atoms with Gasteiger partial charge in [0, 0.05) is 0 Å². The maximum atomic E-state index is 11.1. The van der Waals surface area contributed by atoms with Crippen LogP contribution in [0.5, 0.6) is 0 Å². The summed E-state index contributed by atoms with van der Waals surface area (Å²) in [5, 5.41) is 9.17. The lowest BCUT2D eigenvalue weighted by Gasteiger charge is -2.30. The van der Waals surface area contributed by atoms with Crippen LogP contribution < -0.4 is 0 Å². The van der Waals surface area contributed by atoms with Crippen molar-refractivity contribution < 1.29 is 9.90 Å². The van der Waals surface area contributed by atoms with Gasteiger partial charge in [-0.05, 0) is 32.1 Å². The second kappa shape index (κ2) is 6.93. The molecule has 96 valence electrons. The summed E-state index contributed by atoms with van der Waals surface area (Å²) in [6.07, 6.45) is 5.50. The highest BCUT2D eigenvalue weighted by Gasteiger charge is 2.32. The Morgan fingerprint density at radius 2 is 1.69 bits per heavy atom. The molecule has 1 N–H and O–H groups in total. The summed E-state index contributed by atoms with van der Waals surface area (Å²) >= 11 is 0. The van der Waals surface area contributed by atoms with Crippen molar-refractivity contribution >= 4 is 5.97 Å². The fraction of sp³-hybridized carbons (Fsp3) is 0.929. The molecular weight excluding hydrogens is 200 g/mol. The van der Waals surface area contributed by atoms with Gasteiger partial charge in [0.25, 0.3) is 0 Å². The van der Waals surface area contributed by atoms with Crippen molar-refractivity contribution in [3.05, 3.63) is 0 Å². The molecule has 0 aromatic heterocycles. The van der Waals surface area contributed by atoms with Crippen molar-refractivity contribution in [2.75, 3.05) is 0 Å². The van der Waals surface area contributed by atoms with Crippen LogP contribution in [0.3, 0.4) is 0 Å². The van der Waals surface area contributed by atoms with Gasteiger partial charge < -0.3 is 5.11 Å². The third-order valence-corrected chi connectivity index (χ3v) is 3.56. The molecule has 16 heavy (non-hydrogen) atoms. The quantitative estimate of drug-likeness (QED) is 0.671. The number of carboxylic acid groups (broad SMARTS) is 1. The molecule has 2 atom stereocenters. The summed E-state index contributed by atoms with van der Waals surface area (Å²) in [4.78, 5) is 11.1. The van der Waals surface area contributed by atoms with E-state index in [0.717, 1.165) is 19.3 Å². The average Bonchev–Trinajstić information content (AvgIpc) is 2.17. The highest BCUT2D eigenvalue weighted by atomic mass is 16.4. The molecule has 0 aromatic carbocycles. The van der Waals surface area contributed by atoms with Crippen LogP contribution in [0.15, 0.2) is 0 Å². The lowest BCUT2D eigenvalue weighted by Crippen LogP contribution is -2.29. The van der Waals surface area contributed by atoms with Crippen molar-refractivity contribution in [2.24, 2.45) is 17.3 Å². The molecule has 2 nitrogen and oxygen atoms in total. The lowest BCUT2D eigenvalue weighted by molar-refractivity contribution is -0.148. The van der Waals surface area contributed by atoms with Gasteiger partial charge in [0.05, 0.1) is 5.41 Å². The molecule has 0 rings (SSSR count). The molecule has 0 spiro atoms. The molecule has 0 aliphatic rings. The molecule has 0 saturated heterocycles. The molecule has 2 unspecified atom stereocenters. The Labute approximate surface area is 100 Å². The van der Waals surface area contributed by atoms with Gasteiger partial charge in [-0.3, -0.25) is 4.79 Å². The van der Waals surface area contributed by atoms with E-state index in [1.165, 1.54) is 12.8 Å². The Kier molecular flexibility index (Phi) is 6.70. The van der Waals surface area contributed by atoms with Crippen molar-refractivity contribution in [3.8, 4) is 0 Å². The van der Waals surface area contributed by atoms with Crippen molar-refractivity contribution in [1.29, 1.82) is 0 Å². The largest absolute Gasteiger partial charge is 0.481 e. The summed E-state index contributed by atoms with van der Waals surface area (Å²) in [5.74, 6) is 0.525. The second-order valence-corrected chi connectivity index (χ2v) is 5.71. The number of aliphatic carboxylic acids is 1. The Morgan fingerprint density at radius 3 is 2.06 bits per heavy atom. The maximum Gasteiger partial charge on any atom is 0.309 e. The lowest BCUT2D eigenvalue weighted by atomic mass is 9.75. The monoisotopic (exact) mass is 228 g/mol. The molecule has 0 saturated carbocycles. The van der Waals surface area contributed by atoms with Crippen LogP contribution in [0.4, 0.5) is 0 Å². The predicted molar refractivity (Wildman–Crippen MR) is 68.5 cm³/mol. The van der Waals surface area contributed by atoms with E-state index in [-0.39, 0.29) is 0 Å². The minimum Gasteiger partial charge on any atom is -0.481 e. The maximum absolute atomic E-state index is 11.1. The van der Waals surface area contributed by atoms with Crippen LogP contribution in [0.25, 0.3) is 0 Å². The summed E-state index contributed by atoms with van der Waals surface area (Å²) in [5.41, 5.74) is -0.582. The summed E-state index contributed by atoms with van der Waals surface area (Å²) < 4.78 is 0. The topological polar surface area (TPSA) is 37.3 Å². The van der Waals surface area contributed by atoms with Gasteiger partial charge in [-0.2, -0.15) is 0 Å². The molecule has 0 radical (unpaired) electrons. The first-order valence-electron chi connectivity index (χ1n) is 6.58. The van der Waals surface area contributed by atoms with E-state index in [9.17, 15) is 9.90 Å². The van der Waals surface area contributed by atoms with E-state index < -0.39 is 11.4 Å². The molecule has 0 fully saturated rings. The van der Waals surface area contributed by atoms with Gasteiger partial charge in [0.15, 0.2) is 0 Å². The Bertz CT molecular complexity index is 209. The summed E-state index contributed by atoms with van der Waals surface area (Å²) in [6, 6.07) is 0. The van der Waals surface area contributed by atoms with Crippen LogP contribution in [-0.4, -0.2) is 11.1 Å². The zero-order chi connectivity index (χ0) is 12.8. The first-order valence-corrected chi connectivity index (χ1v) is 6.58. The summed E-state index contributed by atoms with van der Waals surface area (Å²) in [6.45, 7) is 10.3. The Hall–Kier alpha value is -0.530. The molecule has 0 heterocycles.